The Morgan fingerprint density at radius 3 is 3.43 bits per heavy atom. The minimum absolute atomic E-state index is 0.0137. The molecule has 0 fully saturated rings. The van der Waals surface area contributed by atoms with Crippen LogP contribution in [0, 0.1) is 0 Å². The van der Waals surface area contributed by atoms with Gasteiger partial charge in [0.1, 0.15) is 5.76 Å². The van der Waals surface area contributed by atoms with Crippen molar-refractivity contribution in [2.75, 3.05) is 0 Å². The molecule has 1 N–H and O–H groups in total. The molecular weight excluding hydrogens is 286 g/mol. The topological polar surface area (TPSA) is 59.5 Å². The van der Waals surface area contributed by atoms with Crippen LogP contribution in [0.25, 0.3) is 4.96 Å². The molecule has 0 aliphatic heterocycles. The highest BCUT2D eigenvalue weighted by Gasteiger charge is 2.24. The molecule has 5 nitrogen and oxygen atoms in total. The van der Waals surface area contributed by atoms with Crippen molar-refractivity contribution in [3.8, 4) is 0 Å². The summed E-state index contributed by atoms with van der Waals surface area (Å²) < 4.78 is 7.40. The van der Waals surface area contributed by atoms with Crippen LogP contribution in [-0.4, -0.2) is 15.3 Å². The Morgan fingerprint density at radius 1 is 1.57 bits per heavy atom. The molecule has 0 bridgehead atoms. The number of aryl methyl sites for hydroxylation is 1. The lowest BCUT2D eigenvalue weighted by Crippen LogP contribution is -2.31. The molecule has 1 atom stereocenters. The van der Waals surface area contributed by atoms with Crippen LogP contribution in [0.5, 0.6) is 0 Å². The highest BCUT2D eigenvalue weighted by molar-refractivity contribution is 7.15. The summed E-state index contributed by atoms with van der Waals surface area (Å²) in [5.74, 6) is 1.02. The van der Waals surface area contributed by atoms with E-state index in [0.29, 0.717) is 6.42 Å². The number of carbonyl (C=O) groups excluding carboxylic acids is 1. The van der Waals surface area contributed by atoms with Gasteiger partial charge < -0.3 is 9.73 Å². The summed E-state index contributed by atoms with van der Waals surface area (Å²) in [7, 11) is 0. The summed E-state index contributed by atoms with van der Waals surface area (Å²) in [6, 6.07) is 2.04. The minimum Gasteiger partial charge on any atom is -0.469 e. The summed E-state index contributed by atoms with van der Waals surface area (Å²) in [5, 5.41) is 5.08. The Morgan fingerprint density at radius 2 is 2.52 bits per heavy atom. The van der Waals surface area contributed by atoms with Gasteiger partial charge in [0.05, 0.1) is 24.4 Å². The second kappa shape index (κ2) is 5.04. The Bertz CT molecular complexity index is 757. The van der Waals surface area contributed by atoms with Crippen LogP contribution in [0.3, 0.4) is 0 Å². The predicted octanol–water partition coefficient (Wildman–Crippen LogP) is 2.73. The lowest BCUT2D eigenvalue weighted by Gasteiger charge is -2.22. The maximum Gasteiger partial charge on any atom is 0.226 e. The van der Waals surface area contributed by atoms with Gasteiger partial charge in [-0.15, -0.1) is 11.3 Å². The molecule has 1 amide bonds. The number of imidazole rings is 1. The maximum absolute atomic E-state index is 12.2. The van der Waals surface area contributed by atoms with E-state index in [1.54, 1.807) is 17.6 Å². The van der Waals surface area contributed by atoms with Crippen LogP contribution >= 0.6 is 11.3 Å². The number of aromatic nitrogens is 2. The number of carbonyl (C=O) groups is 1. The van der Waals surface area contributed by atoms with E-state index in [9.17, 15) is 4.79 Å². The summed E-state index contributed by atoms with van der Waals surface area (Å²) in [4.78, 5) is 17.6. The SMILES string of the molecule is O=C(Cc1cn2ccsc2n1)NC1CCCc2occc21. The fourth-order valence-corrected chi connectivity index (χ4v) is 3.63. The first-order valence-corrected chi connectivity index (χ1v) is 7.94. The highest BCUT2D eigenvalue weighted by Crippen LogP contribution is 2.30. The van der Waals surface area contributed by atoms with Crippen molar-refractivity contribution in [2.24, 2.45) is 0 Å². The number of hydrogen-bond acceptors (Lipinski definition) is 4. The average molecular weight is 301 g/mol. The third-order valence-corrected chi connectivity index (χ3v) is 4.64. The molecule has 6 heteroatoms. The Kier molecular flexibility index (Phi) is 3.03. The van der Waals surface area contributed by atoms with E-state index >= 15 is 0 Å². The first kappa shape index (κ1) is 12.6. The largest absolute Gasteiger partial charge is 0.469 e. The predicted molar refractivity (Wildman–Crippen MR) is 79.3 cm³/mol. The molecular formula is C15H15N3O2S. The number of nitrogens with zero attached hydrogens (tertiary/aromatic N) is 2. The first-order valence-electron chi connectivity index (χ1n) is 7.06. The van der Waals surface area contributed by atoms with Crippen LogP contribution in [0.2, 0.25) is 0 Å². The molecule has 1 aliphatic rings. The smallest absolute Gasteiger partial charge is 0.226 e. The molecule has 1 aliphatic carbocycles. The lowest BCUT2D eigenvalue weighted by atomic mass is 9.93. The fourth-order valence-electron chi connectivity index (χ4n) is 2.91. The van der Waals surface area contributed by atoms with E-state index in [2.05, 4.69) is 10.3 Å². The molecule has 1 unspecified atom stereocenters. The zero-order valence-electron chi connectivity index (χ0n) is 11.4. The minimum atomic E-state index is 0.0137. The van der Waals surface area contributed by atoms with Crippen molar-refractivity contribution in [1.29, 1.82) is 0 Å². The van der Waals surface area contributed by atoms with E-state index in [0.717, 1.165) is 41.2 Å². The van der Waals surface area contributed by atoms with E-state index in [1.165, 1.54) is 0 Å². The maximum atomic E-state index is 12.2. The first-order chi connectivity index (χ1) is 10.3. The van der Waals surface area contributed by atoms with Crippen LogP contribution in [0.1, 0.15) is 35.9 Å². The molecule has 21 heavy (non-hydrogen) atoms. The molecule has 0 aromatic carbocycles. The molecule has 0 spiro atoms. The molecule has 3 heterocycles. The van der Waals surface area contributed by atoms with Gasteiger partial charge >= 0.3 is 0 Å². The highest BCUT2D eigenvalue weighted by atomic mass is 32.1. The van der Waals surface area contributed by atoms with Crippen molar-refractivity contribution < 1.29 is 9.21 Å². The van der Waals surface area contributed by atoms with Gasteiger partial charge in [-0.05, 0) is 18.9 Å². The van der Waals surface area contributed by atoms with Gasteiger partial charge in [-0.3, -0.25) is 9.20 Å². The van der Waals surface area contributed by atoms with E-state index in [-0.39, 0.29) is 11.9 Å². The fraction of sp³-hybridized carbons (Fsp3) is 0.333. The third kappa shape index (κ3) is 2.35. The van der Waals surface area contributed by atoms with E-state index in [1.807, 2.05) is 28.2 Å². The second-order valence-corrected chi connectivity index (χ2v) is 6.19. The van der Waals surface area contributed by atoms with Gasteiger partial charge in [0.2, 0.25) is 5.91 Å². The number of furan rings is 1. The van der Waals surface area contributed by atoms with Gasteiger partial charge in [-0.1, -0.05) is 0 Å². The van der Waals surface area contributed by atoms with E-state index < -0.39 is 0 Å². The molecule has 3 aromatic rings. The standard InChI is InChI=1S/C15H15N3O2S/c19-14(8-10-9-18-5-7-21-15(18)16-10)17-12-2-1-3-13-11(12)4-6-20-13/h4-7,9,12H,1-3,8H2,(H,17,19). The summed E-state index contributed by atoms with van der Waals surface area (Å²) in [6.45, 7) is 0. The van der Waals surface area contributed by atoms with Crippen LogP contribution in [-0.2, 0) is 17.6 Å². The van der Waals surface area contributed by atoms with Gasteiger partial charge in [0.15, 0.2) is 4.96 Å². The Hall–Kier alpha value is -2.08. The molecule has 0 radical (unpaired) electrons. The van der Waals surface area contributed by atoms with Crippen molar-refractivity contribution in [1.82, 2.24) is 14.7 Å². The number of nitrogens with one attached hydrogen (secondary N) is 1. The van der Waals surface area contributed by atoms with Crippen LogP contribution in [0.4, 0.5) is 0 Å². The van der Waals surface area contributed by atoms with Gasteiger partial charge in [0.25, 0.3) is 0 Å². The molecule has 108 valence electrons. The van der Waals surface area contributed by atoms with E-state index in [4.69, 9.17) is 4.42 Å². The molecule has 4 rings (SSSR count). The monoisotopic (exact) mass is 301 g/mol. The third-order valence-electron chi connectivity index (χ3n) is 3.87. The van der Waals surface area contributed by atoms with Gasteiger partial charge in [0, 0.05) is 29.8 Å². The molecule has 0 saturated heterocycles. The van der Waals surface area contributed by atoms with Crippen LogP contribution < -0.4 is 5.32 Å². The second-order valence-electron chi connectivity index (χ2n) is 5.31. The Labute approximate surface area is 125 Å². The van der Waals surface area contributed by atoms with Gasteiger partial charge in [-0.2, -0.15) is 0 Å². The summed E-state index contributed by atoms with van der Waals surface area (Å²) in [6.07, 6.45) is 8.87. The number of fused-ring (bicyclic) bond motifs is 2. The zero-order valence-corrected chi connectivity index (χ0v) is 12.2. The molecule has 0 saturated carbocycles. The van der Waals surface area contributed by atoms with Crippen molar-refractivity contribution >= 4 is 22.2 Å². The zero-order chi connectivity index (χ0) is 14.2. The Balaban J connectivity index is 1.46. The van der Waals surface area contributed by atoms with Gasteiger partial charge in [-0.25, -0.2) is 4.98 Å². The molecule has 3 aromatic heterocycles. The normalized spacial score (nSPS) is 17.8. The number of rotatable bonds is 3. The summed E-state index contributed by atoms with van der Waals surface area (Å²) >= 11 is 1.57. The quantitative estimate of drug-likeness (QED) is 0.809. The van der Waals surface area contributed by atoms with Crippen LogP contribution in [0.15, 0.2) is 34.5 Å². The van der Waals surface area contributed by atoms with Crippen molar-refractivity contribution in [3.05, 3.63) is 47.1 Å². The number of amides is 1. The summed E-state index contributed by atoms with van der Waals surface area (Å²) in [5.41, 5.74) is 1.93. The number of hydrogen-bond donors (Lipinski definition) is 1. The average Bonchev–Trinajstić information content (AvgIpc) is 3.12. The number of thiazole rings is 1. The van der Waals surface area contributed by atoms with Crippen molar-refractivity contribution in [3.63, 3.8) is 0 Å². The lowest BCUT2D eigenvalue weighted by molar-refractivity contribution is -0.121. The van der Waals surface area contributed by atoms with Crippen molar-refractivity contribution in [2.45, 2.75) is 31.7 Å².